The molecule has 32 heavy (non-hydrogen) atoms. The number of ether oxygens (including phenoxy) is 2. The van der Waals surface area contributed by atoms with Gasteiger partial charge in [-0.05, 0) is 33.6 Å². The highest BCUT2D eigenvalue weighted by molar-refractivity contribution is 7.48. The van der Waals surface area contributed by atoms with Crippen LogP contribution in [0.4, 0.5) is 0 Å². The van der Waals surface area contributed by atoms with Gasteiger partial charge >= 0.3 is 19.5 Å². The molecule has 1 aromatic heterocycles. The van der Waals surface area contributed by atoms with Crippen LogP contribution in [0.15, 0.2) is 21.9 Å². The molecule has 3 fully saturated rings. The van der Waals surface area contributed by atoms with Crippen LogP contribution < -0.4 is 17.0 Å². The highest BCUT2D eigenvalue weighted by atomic mass is 31.2. The predicted octanol–water partition coefficient (Wildman–Crippen LogP) is 0.812. The van der Waals surface area contributed by atoms with E-state index < -0.39 is 54.6 Å². The van der Waals surface area contributed by atoms with Gasteiger partial charge in [0, 0.05) is 12.3 Å². The van der Waals surface area contributed by atoms with Crippen molar-refractivity contribution in [2.75, 3.05) is 6.61 Å². The molecule has 0 bridgehead atoms. The second-order valence-corrected chi connectivity index (χ2v) is 10.3. The minimum Gasteiger partial charge on any atom is -0.463 e. The molecule has 1 aliphatic carbocycles. The van der Waals surface area contributed by atoms with Gasteiger partial charge in [-0.15, -0.1) is 0 Å². The van der Waals surface area contributed by atoms with Gasteiger partial charge in [0.1, 0.15) is 12.2 Å². The maximum atomic E-state index is 13.0. The van der Waals surface area contributed by atoms with E-state index in [9.17, 15) is 18.9 Å². The van der Waals surface area contributed by atoms with Gasteiger partial charge in [0.05, 0.1) is 24.2 Å². The van der Waals surface area contributed by atoms with E-state index in [-0.39, 0.29) is 25.1 Å². The Kier molecular flexibility index (Phi) is 5.76. The molecule has 0 amide bonds. The average molecular weight is 473 g/mol. The number of nitrogens with zero attached hydrogens (tertiary/aromatic N) is 1. The summed E-state index contributed by atoms with van der Waals surface area (Å²) in [5.74, 6) is -0.745. The van der Waals surface area contributed by atoms with E-state index in [1.165, 1.54) is 12.3 Å². The van der Waals surface area contributed by atoms with Crippen LogP contribution in [0.25, 0.3) is 0 Å². The van der Waals surface area contributed by atoms with Gasteiger partial charge in [0.15, 0.2) is 11.8 Å². The van der Waals surface area contributed by atoms with Crippen LogP contribution in [0.2, 0.25) is 0 Å². The normalized spacial score (nSPS) is 38.4. The molecule has 3 aliphatic rings. The lowest BCUT2D eigenvalue weighted by atomic mass is 9.92. The van der Waals surface area contributed by atoms with E-state index in [1.807, 2.05) is 6.92 Å². The van der Waals surface area contributed by atoms with Crippen LogP contribution in [0.5, 0.6) is 0 Å². The molecule has 2 saturated heterocycles. The Morgan fingerprint density at radius 3 is 2.72 bits per heavy atom. The summed E-state index contributed by atoms with van der Waals surface area (Å²) < 4.78 is 42.0. The van der Waals surface area contributed by atoms with Crippen molar-refractivity contribution in [3.63, 3.8) is 0 Å². The lowest BCUT2D eigenvalue weighted by molar-refractivity contribution is -0.153. The summed E-state index contributed by atoms with van der Waals surface area (Å²) in [5.41, 5.74) is 2.70. The first-order chi connectivity index (χ1) is 14.9. The first-order valence-corrected chi connectivity index (χ1v) is 12.0. The van der Waals surface area contributed by atoms with Gasteiger partial charge in [-0.25, -0.2) is 9.36 Å². The van der Waals surface area contributed by atoms with Crippen molar-refractivity contribution in [2.24, 2.45) is 11.7 Å². The third-order valence-electron chi connectivity index (χ3n) is 6.14. The van der Waals surface area contributed by atoms with Crippen molar-refractivity contribution in [1.29, 1.82) is 0 Å². The molecule has 2 aliphatic heterocycles. The SMILES string of the molecule is CCC(CCO[P@]1(=O)OC2[C@H]3O[C@@H](n4ccc(=O)[nH]c4=O)[C@](C)(N)[C@@]23O1)C(=O)OC(C)C. The number of aromatic nitrogens is 2. The number of phosphoric acid groups is 1. The summed E-state index contributed by atoms with van der Waals surface area (Å²) in [4.78, 5) is 37.8. The number of aromatic amines is 1. The third-order valence-corrected chi connectivity index (χ3v) is 7.65. The number of carbonyl (C=O) groups is 1. The fourth-order valence-electron chi connectivity index (χ4n) is 4.39. The Balaban J connectivity index is 1.42. The number of rotatable bonds is 8. The Morgan fingerprint density at radius 1 is 1.38 bits per heavy atom. The molecule has 0 aromatic carbocycles. The van der Waals surface area contributed by atoms with E-state index in [0.29, 0.717) is 6.42 Å². The lowest BCUT2D eigenvalue weighted by Gasteiger charge is -2.33. The summed E-state index contributed by atoms with van der Waals surface area (Å²) in [6.07, 6.45) is -0.458. The molecule has 1 saturated carbocycles. The van der Waals surface area contributed by atoms with Gasteiger partial charge in [-0.1, -0.05) is 6.92 Å². The third kappa shape index (κ3) is 3.59. The van der Waals surface area contributed by atoms with Gasteiger partial charge in [-0.3, -0.25) is 32.7 Å². The zero-order valence-electron chi connectivity index (χ0n) is 18.3. The minimum atomic E-state index is -3.96. The molecular weight excluding hydrogens is 445 g/mol. The highest BCUT2D eigenvalue weighted by Gasteiger charge is 2.89. The summed E-state index contributed by atoms with van der Waals surface area (Å²) in [5, 5.41) is 0. The van der Waals surface area contributed by atoms with Gasteiger partial charge in [-0.2, -0.15) is 0 Å². The second kappa shape index (κ2) is 7.89. The quantitative estimate of drug-likeness (QED) is 0.408. The lowest BCUT2D eigenvalue weighted by Crippen LogP contribution is -2.57. The molecule has 4 rings (SSSR count). The van der Waals surface area contributed by atoms with E-state index in [2.05, 4.69) is 4.98 Å². The second-order valence-electron chi connectivity index (χ2n) is 8.78. The maximum Gasteiger partial charge on any atom is 0.476 e. The van der Waals surface area contributed by atoms with Gasteiger partial charge < -0.3 is 15.2 Å². The number of nitrogens with one attached hydrogen (secondary N) is 1. The van der Waals surface area contributed by atoms with E-state index in [1.54, 1.807) is 20.8 Å². The Labute approximate surface area is 183 Å². The van der Waals surface area contributed by atoms with Crippen LogP contribution in [0.1, 0.15) is 46.8 Å². The van der Waals surface area contributed by atoms with Crippen molar-refractivity contribution in [2.45, 2.75) is 76.2 Å². The fraction of sp³-hybridized carbons (Fsp3) is 0.737. The zero-order valence-corrected chi connectivity index (χ0v) is 19.2. The smallest absolute Gasteiger partial charge is 0.463 e. The predicted molar refractivity (Wildman–Crippen MR) is 110 cm³/mol. The Hall–Kier alpha value is -1.82. The molecule has 0 radical (unpaired) electrons. The number of nitrogens with two attached hydrogens (primary N) is 1. The van der Waals surface area contributed by atoms with Crippen molar-refractivity contribution >= 4 is 13.8 Å². The standard InChI is InChI=1S/C19H28N3O9P/c1-5-11(15(24)28-10(2)3)7-9-27-32(26)30-14-13-19(14,31-32)18(4,20)16(29-13)22-8-6-12(23)21-17(22)25/h6,8,10-11,13-14,16H,5,7,9,20H2,1-4H3,(H,21,23,25)/t11?,13-,14?,16-,18+,19+,32-/m1/s1. The van der Waals surface area contributed by atoms with Crippen LogP contribution in [0, 0.1) is 5.92 Å². The first-order valence-electron chi connectivity index (χ1n) is 10.5. The van der Waals surface area contributed by atoms with Crippen molar-refractivity contribution < 1.29 is 32.4 Å². The first kappa shape index (κ1) is 23.3. The summed E-state index contributed by atoms with van der Waals surface area (Å²) in [6, 6.07) is 1.17. The topological polar surface area (TPSA) is 161 Å². The van der Waals surface area contributed by atoms with Crippen molar-refractivity contribution in [3.05, 3.63) is 33.1 Å². The molecule has 178 valence electrons. The van der Waals surface area contributed by atoms with Crippen LogP contribution in [-0.4, -0.2) is 51.6 Å². The Bertz CT molecular complexity index is 1070. The number of fused-ring (bicyclic) bond motifs is 1. The largest absolute Gasteiger partial charge is 0.476 e. The molecule has 1 aromatic rings. The van der Waals surface area contributed by atoms with E-state index in [4.69, 9.17) is 28.8 Å². The molecule has 12 nitrogen and oxygen atoms in total. The summed E-state index contributed by atoms with van der Waals surface area (Å²) in [7, 11) is -3.96. The number of carbonyl (C=O) groups excluding carboxylic acids is 1. The summed E-state index contributed by atoms with van der Waals surface area (Å²) >= 11 is 0. The molecule has 3 N–H and O–H groups in total. The molecule has 2 unspecified atom stereocenters. The molecule has 7 atom stereocenters. The molecule has 1 spiro atoms. The van der Waals surface area contributed by atoms with E-state index in [0.717, 1.165) is 4.57 Å². The number of hydrogen-bond donors (Lipinski definition) is 2. The number of hydrogen-bond acceptors (Lipinski definition) is 10. The summed E-state index contributed by atoms with van der Waals surface area (Å²) in [6.45, 7) is 6.95. The number of H-pyrrole nitrogens is 1. The molecule has 13 heteroatoms. The highest BCUT2D eigenvalue weighted by Crippen LogP contribution is 2.77. The molecular formula is C19H28N3O9P. The van der Waals surface area contributed by atoms with Crippen LogP contribution in [0.3, 0.4) is 0 Å². The zero-order chi connectivity index (χ0) is 23.5. The monoisotopic (exact) mass is 473 g/mol. The van der Waals surface area contributed by atoms with E-state index >= 15 is 0 Å². The average Bonchev–Trinajstić information content (AvgIpc) is 3.01. The van der Waals surface area contributed by atoms with Crippen molar-refractivity contribution in [1.82, 2.24) is 9.55 Å². The Morgan fingerprint density at radius 2 is 2.09 bits per heavy atom. The molecule has 3 heterocycles. The van der Waals surface area contributed by atoms with Gasteiger partial charge in [0.25, 0.3) is 5.56 Å². The van der Waals surface area contributed by atoms with Gasteiger partial charge in [0.2, 0.25) is 0 Å². The van der Waals surface area contributed by atoms with Crippen LogP contribution in [-0.2, 0) is 32.4 Å². The number of esters is 1. The minimum absolute atomic E-state index is 0.0403. The maximum absolute atomic E-state index is 13.0. The van der Waals surface area contributed by atoms with Crippen molar-refractivity contribution in [3.8, 4) is 0 Å². The fourth-order valence-corrected chi connectivity index (χ4v) is 6.20. The number of phosphoric ester groups is 1. The van der Waals surface area contributed by atoms with Crippen LogP contribution >= 0.6 is 7.82 Å².